The first kappa shape index (κ1) is 9.48. The number of halogens is 1. The molecule has 0 spiro atoms. The van der Waals surface area contributed by atoms with Gasteiger partial charge < -0.3 is 4.98 Å². The minimum atomic E-state index is -0.142. The second kappa shape index (κ2) is 3.87. The van der Waals surface area contributed by atoms with Crippen molar-refractivity contribution in [3.05, 3.63) is 26.4 Å². The maximum absolute atomic E-state index is 11.2. The molecular weight excluding hydrogens is 196 g/mol. The fourth-order valence-corrected chi connectivity index (χ4v) is 1.46. The fraction of sp³-hybridized carbons (Fsp3) is 0.429. The van der Waals surface area contributed by atoms with Crippen molar-refractivity contribution in [2.75, 3.05) is 5.88 Å². The zero-order chi connectivity index (χ0) is 9.14. The van der Waals surface area contributed by atoms with Crippen LogP contribution in [0.3, 0.4) is 0 Å². The third kappa shape index (κ3) is 1.95. The van der Waals surface area contributed by atoms with Crippen LogP contribution >= 0.6 is 23.8 Å². The number of H-pyrrole nitrogens is 2. The first-order chi connectivity index (χ1) is 5.65. The van der Waals surface area contributed by atoms with Gasteiger partial charge in [0, 0.05) is 17.1 Å². The highest BCUT2D eigenvalue weighted by Crippen LogP contribution is 1.99. The van der Waals surface area contributed by atoms with Crippen molar-refractivity contribution in [1.82, 2.24) is 9.97 Å². The van der Waals surface area contributed by atoms with Crippen LogP contribution in [-0.4, -0.2) is 15.8 Å². The SMILES string of the molecule is Cc1[nH]c(=S)[nH]c(=O)c1CCCl. The summed E-state index contributed by atoms with van der Waals surface area (Å²) in [6.45, 7) is 1.81. The smallest absolute Gasteiger partial charge is 0.255 e. The molecule has 1 aromatic heterocycles. The molecule has 1 rings (SSSR count). The van der Waals surface area contributed by atoms with Gasteiger partial charge in [-0.2, -0.15) is 0 Å². The van der Waals surface area contributed by atoms with Gasteiger partial charge >= 0.3 is 0 Å². The predicted octanol–water partition coefficient (Wildman–Crippen LogP) is 1.52. The highest BCUT2D eigenvalue weighted by Gasteiger charge is 2.02. The van der Waals surface area contributed by atoms with E-state index in [9.17, 15) is 4.79 Å². The molecule has 0 atom stereocenters. The maximum Gasteiger partial charge on any atom is 0.255 e. The number of hydrogen-bond acceptors (Lipinski definition) is 2. The van der Waals surface area contributed by atoms with Crippen molar-refractivity contribution < 1.29 is 0 Å². The van der Waals surface area contributed by atoms with Gasteiger partial charge in [-0.05, 0) is 25.6 Å². The summed E-state index contributed by atoms with van der Waals surface area (Å²) in [6.07, 6.45) is 0.564. The van der Waals surface area contributed by atoms with Crippen molar-refractivity contribution in [3.8, 4) is 0 Å². The van der Waals surface area contributed by atoms with Crippen LogP contribution in [0.1, 0.15) is 11.3 Å². The topological polar surface area (TPSA) is 48.6 Å². The van der Waals surface area contributed by atoms with E-state index in [-0.39, 0.29) is 5.56 Å². The number of alkyl halides is 1. The molecule has 12 heavy (non-hydrogen) atoms. The molecule has 0 bridgehead atoms. The van der Waals surface area contributed by atoms with E-state index in [2.05, 4.69) is 9.97 Å². The predicted molar refractivity (Wildman–Crippen MR) is 51.4 cm³/mol. The Kier molecular flexibility index (Phi) is 3.05. The van der Waals surface area contributed by atoms with Gasteiger partial charge in [-0.25, -0.2) is 0 Å². The zero-order valence-electron chi connectivity index (χ0n) is 6.61. The Morgan fingerprint density at radius 3 is 2.67 bits per heavy atom. The van der Waals surface area contributed by atoms with Crippen LogP contribution in [-0.2, 0) is 6.42 Å². The molecule has 1 heterocycles. The van der Waals surface area contributed by atoms with Crippen LogP contribution in [0.4, 0.5) is 0 Å². The largest absolute Gasteiger partial charge is 0.336 e. The van der Waals surface area contributed by atoms with Crippen molar-refractivity contribution in [2.45, 2.75) is 13.3 Å². The lowest BCUT2D eigenvalue weighted by atomic mass is 10.2. The molecule has 0 saturated carbocycles. The Bertz CT molecular complexity index is 382. The van der Waals surface area contributed by atoms with Crippen molar-refractivity contribution >= 4 is 23.8 Å². The van der Waals surface area contributed by atoms with Gasteiger partial charge in [0.1, 0.15) is 0 Å². The molecular formula is C7H9ClN2OS. The molecule has 2 N–H and O–H groups in total. The van der Waals surface area contributed by atoms with Crippen LogP contribution < -0.4 is 5.56 Å². The number of rotatable bonds is 2. The normalized spacial score (nSPS) is 10.2. The lowest BCUT2D eigenvalue weighted by Gasteiger charge is -2.00. The summed E-state index contributed by atoms with van der Waals surface area (Å²) in [5.74, 6) is 0.439. The first-order valence-corrected chi connectivity index (χ1v) is 4.47. The van der Waals surface area contributed by atoms with Crippen LogP contribution in [0.5, 0.6) is 0 Å². The summed E-state index contributed by atoms with van der Waals surface area (Å²) in [7, 11) is 0. The summed E-state index contributed by atoms with van der Waals surface area (Å²) >= 11 is 10.3. The molecule has 0 aliphatic heterocycles. The number of hydrogen-bond donors (Lipinski definition) is 2. The van der Waals surface area contributed by atoms with Gasteiger partial charge in [0.15, 0.2) is 4.77 Å². The number of nitrogens with one attached hydrogen (secondary N) is 2. The first-order valence-electron chi connectivity index (χ1n) is 3.53. The fourth-order valence-electron chi connectivity index (χ4n) is 1.02. The lowest BCUT2D eigenvalue weighted by molar-refractivity contribution is 0.949. The molecule has 66 valence electrons. The Labute approximate surface area is 79.8 Å². The Hall–Kier alpha value is -0.610. The molecule has 0 radical (unpaired) electrons. The summed E-state index contributed by atoms with van der Waals surface area (Å²) in [5.41, 5.74) is 1.33. The average Bonchev–Trinajstić information content (AvgIpc) is 1.96. The van der Waals surface area contributed by atoms with Crippen molar-refractivity contribution in [1.29, 1.82) is 0 Å². The molecule has 0 amide bonds. The minimum Gasteiger partial charge on any atom is -0.336 e. The van der Waals surface area contributed by atoms with E-state index >= 15 is 0 Å². The molecule has 1 aromatic rings. The lowest BCUT2D eigenvalue weighted by Crippen LogP contribution is -2.16. The molecule has 0 aliphatic carbocycles. The molecule has 0 fully saturated rings. The number of aryl methyl sites for hydroxylation is 1. The quantitative estimate of drug-likeness (QED) is 0.567. The molecule has 0 saturated heterocycles. The molecule has 5 heteroatoms. The van der Waals surface area contributed by atoms with Crippen LogP contribution in [0.25, 0.3) is 0 Å². The molecule has 0 unspecified atom stereocenters. The summed E-state index contributed by atoms with van der Waals surface area (Å²) in [4.78, 5) is 16.6. The summed E-state index contributed by atoms with van der Waals surface area (Å²) < 4.78 is 0.357. The van der Waals surface area contributed by atoms with Gasteiger partial charge in [0.25, 0.3) is 5.56 Å². The standard InChI is InChI=1S/C7H9ClN2OS/c1-4-5(2-3-8)6(11)10-7(12)9-4/h2-3H2,1H3,(H2,9,10,11,12). The van der Waals surface area contributed by atoms with Gasteiger partial charge in [0.05, 0.1) is 0 Å². The Balaban J connectivity index is 3.29. The monoisotopic (exact) mass is 204 g/mol. The molecule has 0 aliphatic rings. The molecule has 3 nitrogen and oxygen atoms in total. The number of aromatic amines is 2. The van der Waals surface area contributed by atoms with E-state index < -0.39 is 0 Å². The highest BCUT2D eigenvalue weighted by molar-refractivity contribution is 7.71. The van der Waals surface area contributed by atoms with Crippen LogP contribution in [0.15, 0.2) is 4.79 Å². The van der Waals surface area contributed by atoms with Crippen molar-refractivity contribution in [3.63, 3.8) is 0 Å². The van der Waals surface area contributed by atoms with Crippen LogP contribution in [0.2, 0.25) is 0 Å². The number of aromatic nitrogens is 2. The third-order valence-corrected chi connectivity index (χ3v) is 1.99. The summed E-state index contributed by atoms with van der Waals surface area (Å²) in [6, 6.07) is 0. The Morgan fingerprint density at radius 2 is 2.17 bits per heavy atom. The van der Waals surface area contributed by atoms with Gasteiger partial charge in [-0.15, -0.1) is 11.6 Å². The van der Waals surface area contributed by atoms with E-state index in [0.29, 0.717) is 22.6 Å². The Morgan fingerprint density at radius 1 is 1.50 bits per heavy atom. The van der Waals surface area contributed by atoms with E-state index in [1.165, 1.54) is 0 Å². The van der Waals surface area contributed by atoms with Gasteiger partial charge in [-0.3, -0.25) is 9.78 Å². The zero-order valence-corrected chi connectivity index (χ0v) is 8.18. The van der Waals surface area contributed by atoms with E-state index in [1.54, 1.807) is 0 Å². The second-order valence-electron chi connectivity index (χ2n) is 2.45. The third-order valence-electron chi connectivity index (χ3n) is 1.60. The molecule has 0 aromatic carbocycles. The summed E-state index contributed by atoms with van der Waals surface area (Å²) in [5, 5.41) is 0. The van der Waals surface area contributed by atoms with E-state index in [1.807, 2.05) is 6.92 Å². The second-order valence-corrected chi connectivity index (χ2v) is 3.24. The minimum absolute atomic E-state index is 0.142. The van der Waals surface area contributed by atoms with Gasteiger partial charge in [-0.1, -0.05) is 0 Å². The van der Waals surface area contributed by atoms with E-state index in [0.717, 1.165) is 5.69 Å². The van der Waals surface area contributed by atoms with E-state index in [4.69, 9.17) is 23.8 Å². The van der Waals surface area contributed by atoms with Crippen molar-refractivity contribution in [2.24, 2.45) is 0 Å². The highest BCUT2D eigenvalue weighted by atomic mass is 35.5. The average molecular weight is 205 g/mol. The maximum atomic E-state index is 11.2. The van der Waals surface area contributed by atoms with Gasteiger partial charge in [0.2, 0.25) is 0 Å². The van der Waals surface area contributed by atoms with Crippen LogP contribution in [0, 0.1) is 11.7 Å².